The van der Waals surface area contributed by atoms with Crippen LogP contribution in [-0.4, -0.2) is 51.9 Å². The van der Waals surface area contributed by atoms with E-state index in [4.69, 9.17) is 4.98 Å². The summed E-state index contributed by atoms with van der Waals surface area (Å²) in [5.74, 6) is 0.0421. The van der Waals surface area contributed by atoms with Crippen LogP contribution in [0.3, 0.4) is 0 Å². The summed E-state index contributed by atoms with van der Waals surface area (Å²) in [6.07, 6.45) is 3.30. The number of piperazine rings is 1. The molecule has 0 atom stereocenters. The highest BCUT2D eigenvalue weighted by molar-refractivity contribution is 9.10. The molecule has 5 rings (SSSR count). The Morgan fingerprint density at radius 1 is 0.929 bits per heavy atom. The van der Waals surface area contributed by atoms with Crippen molar-refractivity contribution in [2.24, 2.45) is 0 Å². The van der Waals surface area contributed by atoms with Crippen LogP contribution in [-0.2, 0) is 0 Å². The monoisotopic (exact) mass is 453 g/mol. The van der Waals surface area contributed by atoms with Crippen LogP contribution in [0.15, 0.2) is 53.3 Å². The van der Waals surface area contributed by atoms with Crippen LogP contribution in [0.4, 0.5) is 5.13 Å². The molecule has 0 saturated carbocycles. The zero-order valence-corrected chi connectivity index (χ0v) is 17.3. The molecule has 4 aromatic rings. The normalized spacial score (nSPS) is 14.8. The van der Waals surface area contributed by atoms with Crippen LogP contribution < -0.4 is 4.90 Å². The maximum Gasteiger partial charge on any atom is 0.254 e. The Balaban J connectivity index is 1.30. The van der Waals surface area contributed by atoms with E-state index >= 15 is 0 Å². The first-order valence-corrected chi connectivity index (χ1v) is 10.6. The fourth-order valence-electron chi connectivity index (χ4n) is 3.40. The summed E-state index contributed by atoms with van der Waals surface area (Å²) >= 11 is 5.20. The second-order valence-corrected chi connectivity index (χ2v) is 8.57. The number of benzene rings is 2. The number of carbonyl (C=O) groups is 1. The molecule has 8 heteroatoms. The van der Waals surface area contributed by atoms with E-state index in [0.717, 1.165) is 39.2 Å². The molecule has 1 fully saturated rings. The summed E-state index contributed by atoms with van der Waals surface area (Å²) in [7, 11) is 0. The van der Waals surface area contributed by atoms with Gasteiger partial charge in [0.25, 0.3) is 5.91 Å². The van der Waals surface area contributed by atoms with Crippen LogP contribution in [0, 0.1) is 0 Å². The smallest absolute Gasteiger partial charge is 0.254 e. The van der Waals surface area contributed by atoms with Crippen molar-refractivity contribution in [3.63, 3.8) is 0 Å². The third kappa shape index (κ3) is 3.22. The van der Waals surface area contributed by atoms with Crippen LogP contribution in [0.2, 0.25) is 0 Å². The van der Waals surface area contributed by atoms with Crippen molar-refractivity contribution in [3.05, 3.63) is 58.8 Å². The van der Waals surface area contributed by atoms with Gasteiger partial charge in [-0.1, -0.05) is 27.3 Å². The van der Waals surface area contributed by atoms with Gasteiger partial charge in [0, 0.05) is 48.6 Å². The summed E-state index contributed by atoms with van der Waals surface area (Å²) in [5.41, 5.74) is 3.21. The standard InChI is InChI=1S/C20H16BrN5OS/c21-14-2-4-16-18(12-14)28-20(24-16)26-9-7-25(8-10-26)19(27)13-1-3-15-17(11-13)23-6-5-22-15/h1-6,11-12H,7-10H2. The lowest BCUT2D eigenvalue weighted by Crippen LogP contribution is -2.48. The highest BCUT2D eigenvalue weighted by Gasteiger charge is 2.24. The van der Waals surface area contributed by atoms with E-state index in [1.165, 1.54) is 4.70 Å². The molecule has 0 radical (unpaired) electrons. The second-order valence-electron chi connectivity index (χ2n) is 6.65. The molecule has 28 heavy (non-hydrogen) atoms. The van der Waals surface area contributed by atoms with Gasteiger partial charge in [-0.05, 0) is 36.4 Å². The average Bonchev–Trinajstić information content (AvgIpc) is 3.16. The third-order valence-corrected chi connectivity index (χ3v) is 6.47. The molecular weight excluding hydrogens is 438 g/mol. The predicted molar refractivity (Wildman–Crippen MR) is 115 cm³/mol. The van der Waals surface area contributed by atoms with Crippen molar-refractivity contribution < 1.29 is 4.79 Å². The lowest BCUT2D eigenvalue weighted by Gasteiger charge is -2.34. The minimum absolute atomic E-state index is 0.0421. The topological polar surface area (TPSA) is 62.2 Å². The lowest BCUT2D eigenvalue weighted by molar-refractivity contribution is 0.0747. The molecule has 2 aromatic heterocycles. The number of fused-ring (bicyclic) bond motifs is 2. The van der Waals surface area contributed by atoms with Crippen LogP contribution in [0.1, 0.15) is 10.4 Å². The number of carbonyl (C=O) groups excluding carboxylic acids is 1. The zero-order chi connectivity index (χ0) is 19.1. The molecule has 3 heterocycles. The van der Waals surface area contributed by atoms with E-state index in [-0.39, 0.29) is 5.91 Å². The minimum atomic E-state index is 0.0421. The summed E-state index contributed by atoms with van der Waals surface area (Å²) in [4.78, 5) is 30.4. The Hall–Kier alpha value is -2.58. The summed E-state index contributed by atoms with van der Waals surface area (Å²) < 4.78 is 2.23. The van der Waals surface area contributed by atoms with Crippen molar-refractivity contribution in [1.29, 1.82) is 0 Å². The number of hydrogen-bond donors (Lipinski definition) is 0. The maximum atomic E-state index is 12.9. The molecule has 1 aliphatic rings. The van der Waals surface area contributed by atoms with E-state index in [1.807, 2.05) is 35.2 Å². The molecule has 0 spiro atoms. The molecule has 0 bridgehead atoms. The summed E-state index contributed by atoms with van der Waals surface area (Å²) in [6, 6.07) is 11.6. The van der Waals surface area contributed by atoms with Crippen molar-refractivity contribution in [2.75, 3.05) is 31.1 Å². The number of halogens is 1. The van der Waals surface area contributed by atoms with Gasteiger partial charge < -0.3 is 9.80 Å². The van der Waals surface area contributed by atoms with Crippen LogP contribution in [0.5, 0.6) is 0 Å². The largest absolute Gasteiger partial charge is 0.345 e. The Kier molecular flexibility index (Phi) is 4.44. The molecule has 0 aliphatic carbocycles. The third-order valence-electron chi connectivity index (χ3n) is 4.89. The van der Waals surface area contributed by atoms with Gasteiger partial charge in [-0.15, -0.1) is 0 Å². The van der Waals surface area contributed by atoms with Gasteiger partial charge in [-0.2, -0.15) is 0 Å². The summed E-state index contributed by atoms with van der Waals surface area (Å²) in [5, 5.41) is 1.01. The number of rotatable bonds is 2. The SMILES string of the molecule is O=C(c1ccc2nccnc2c1)N1CCN(c2nc3ccc(Br)cc3s2)CC1. The van der Waals surface area contributed by atoms with Crippen LogP contribution >= 0.6 is 27.3 Å². The van der Waals surface area contributed by atoms with Crippen LogP contribution in [0.25, 0.3) is 21.3 Å². The Bertz CT molecular complexity index is 1190. The first kappa shape index (κ1) is 17.5. The van der Waals surface area contributed by atoms with Gasteiger partial charge in [0.05, 0.1) is 21.3 Å². The number of amides is 1. The van der Waals surface area contributed by atoms with E-state index in [2.05, 4.69) is 36.9 Å². The maximum absolute atomic E-state index is 12.9. The molecule has 1 amide bonds. The first-order valence-electron chi connectivity index (χ1n) is 8.98. The first-order chi connectivity index (χ1) is 13.7. The zero-order valence-electron chi connectivity index (χ0n) is 14.9. The second kappa shape index (κ2) is 7.10. The van der Waals surface area contributed by atoms with Gasteiger partial charge in [-0.25, -0.2) is 4.98 Å². The fraction of sp³-hybridized carbons (Fsp3) is 0.200. The highest BCUT2D eigenvalue weighted by Crippen LogP contribution is 2.31. The van der Waals surface area contributed by atoms with E-state index in [1.54, 1.807) is 23.7 Å². The molecular formula is C20H16BrN5OS. The Labute approximate surface area is 174 Å². The minimum Gasteiger partial charge on any atom is -0.345 e. The van der Waals surface area contributed by atoms with Gasteiger partial charge in [-0.3, -0.25) is 14.8 Å². The van der Waals surface area contributed by atoms with Crippen molar-refractivity contribution in [3.8, 4) is 0 Å². The number of hydrogen-bond acceptors (Lipinski definition) is 6. The van der Waals surface area contributed by atoms with E-state index in [9.17, 15) is 4.79 Å². The number of aromatic nitrogens is 3. The van der Waals surface area contributed by atoms with Gasteiger partial charge in [0.2, 0.25) is 0 Å². The quantitative estimate of drug-likeness (QED) is 0.459. The number of anilines is 1. The fourth-order valence-corrected chi connectivity index (χ4v) is 4.97. The molecule has 6 nitrogen and oxygen atoms in total. The van der Waals surface area contributed by atoms with E-state index < -0.39 is 0 Å². The van der Waals surface area contributed by atoms with Crippen molar-refractivity contribution in [1.82, 2.24) is 19.9 Å². The number of thiazole rings is 1. The van der Waals surface area contributed by atoms with Gasteiger partial charge in [0.1, 0.15) is 0 Å². The Morgan fingerprint density at radius 3 is 2.50 bits per heavy atom. The van der Waals surface area contributed by atoms with Crippen molar-refractivity contribution in [2.45, 2.75) is 0 Å². The molecule has 1 aliphatic heterocycles. The summed E-state index contributed by atoms with van der Waals surface area (Å²) in [6.45, 7) is 2.91. The predicted octanol–water partition coefficient (Wildman–Crippen LogP) is 3.96. The molecule has 0 N–H and O–H groups in total. The molecule has 2 aromatic carbocycles. The molecule has 1 saturated heterocycles. The lowest BCUT2D eigenvalue weighted by atomic mass is 10.1. The molecule has 0 unspecified atom stereocenters. The van der Waals surface area contributed by atoms with Gasteiger partial charge in [0.15, 0.2) is 5.13 Å². The average molecular weight is 454 g/mol. The van der Waals surface area contributed by atoms with E-state index in [0.29, 0.717) is 18.7 Å². The van der Waals surface area contributed by atoms with Gasteiger partial charge >= 0.3 is 0 Å². The van der Waals surface area contributed by atoms with Crippen molar-refractivity contribution >= 4 is 59.6 Å². The number of nitrogens with zero attached hydrogens (tertiary/aromatic N) is 5. The highest BCUT2D eigenvalue weighted by atomic mass is 79.9. The Morgan fingerprint density at radius 2 is 1.68 bits per heavy atom. The molecule has 140 valence electrons.